The number of H-pyrrole nitrogens is 1. The van der Waals surface area contributed by atoms with Crippen LogP contribution in [-0.2, 0) is 4.74 Å². The highest BCUT2D eigenvalue weighted by atomic mass is 16.6. The molecule has 1 amide bonds. The Balaban J connectivity index is 1.51. The summed E-state index contributed by atoms with van der Waals surface area (Å²) in [7, 11) is 0. The first-order valence-corrected chi connectivity index (χ1v) is 8.93. The molecule has 0 atom stereocenters. The van der Waals surface area contributed by atoms with Crippen molar-refractivity contribution in [3.63, 3.8) is 0 Å². The van der Waals surface area contributed by atoms with E-state index < -0.39 is 5.60 Å². The van der Waals surface area contributed by atoms with Crippen LogP contribution < -0.4 is 0 Å². The molecule has 1 fully saturated rings. The van der Waals surface area contributed by atoms with Gasteiger partial charge in [-0.25, -0.2) is 4.79 Å². The van der Waals surface area contributed by atoms with E-state index in [1.165, 1.54) is 0 Å². The summed E-state index contributed by atoms with van der Waals surface area (Å²) in [6.07, 6.45) is -0.281. The van der Waals surface area contributed by atoms with Crippen LogP contribution in [0.5, 0.6) is 5.75 Å². The first-order valence-electron chi connectivity index (χ1n) is 8.93. The fourth-order valence-electron chi connectivity index (χ4n) is 3.15. The van der Waals surface area contributed by atoms with Gasteiger partial charge in [0.05, 0.1) is 5.69 Å². The van der Waals surface area contributed by atoms with Crippen LogP contribution in [-0.4, -0.2) is 50.0 Å². The van der Waals surface area contributed by atoms with E-state index in [1.807, 2.05) is 45.0 Å². The summed E-state index contributed by atoms with van der Waals surface area (Å²) in [5.74, 6) is 0.397. The molecule has 4 rings (SSSR count). The number of hydrogen-bond acceptors (Lipinski definition) is 5. The van der Waals surface area contributed by atoms with Crippen molar-refractivity contribution in [2.75, 3.05) is 13.1 Å². The van der Waals surface area contributed by atoms with Crippen LogP contribution in [0, 0.1) is 0 Å². The number of carbonyl (C=O) groups excluding carboxylic acids is 1. The molecule has 7 nitrogen and oxygen atoms in total. The molecule has 0 saturated carbocycles. The molecule has 1 aliphatic heterocycles. The molecule has 7 heteroatoms. The zero-order chi connectivity index (χ0) is 19.2. The molecule has 3 heterocycles. The topological polar surface area (TPSA) is 91.3 Å². The van der Waals surface area contributed by atoms with E-state index in [2.05, 4.69) is 15.2 Å². The zero-order valence-electron chi connectivity index (χ0n) is 15.6. The van der Waals surface area contributed by atoms with Crippen LogP contribution in [0.25, 0.3) is 22.3 Å². The summed E-state index contributed by atoms with van der Waals surface area (Å²) < 4.78 is 5.39. The number of rotatable bonds is 2. The van der Waals surface area contributed by atoms with Crippen LogP contribution >= 0.6 is 0 Å². The highest BCUT2D eigenvalue weighted by Gasteiger charge is 2.35. The van der Waals surface area contributed by atoms with Gasteiger partial charge >= 0.3 is 6.09 Å². The third kappa shape index (κ3) is 3.45. The summed E-state index contributed by atoms with van der Waals surface area (Å²) in [6.45, 7) is 6.81. The molecule has 2 N–H and O–H groups in total. The molecule has 1 aliphatic rings. The van der Waals surface area contributed by atoms with Crippen molar-refractivity contribution < 1.29 is 14.6 Å². The Morgan fingerprint density at radius 1 is 1.22 bits per heavy atom. The van der Waals surface area contributed by atoms with Crippen molar-refractivity contribution in [3.05, 3.63) is 42.1 Å². The molecule has 0 radical (unpaired) electrons. The van der Waals surface area contributed by atoms with Crippen molar-refractivity contribution in [1.29, 1.82) is 0 Å². The highest BCUT2D eigenvalue weighted by Crippen LogP contribution is 2.32. The quantitative estimate of drug-likeness (QED) is 0.722. The smallest absolute Gasteiger partial charge is 0.410 e. The average Bonchev–Trinajstić information content (AvgIpc) is 2.94. The predicted octanol–water partition coefficient (Wildman–Crippen LogP) is 3.66. The lowest BCUT2D eigenvalue weighted by Gasteiger charge is -2.39. The average molecular weight is 366 g/mol. The number of nitrogens with zero attached hydrogens (tertiary/aromatic N) is 3. The number of phenols is 1. The Bertz CT molecular complexity index is 1000. The van der Waals surface area contributed by atoms with Gasteiger partial charge in [-0.05, 0) is 45.0 Å². The van der Waals surface area contributed by atoms with Gasteiger partial charge in [0.2, 0.25) is 0 Å². The van der Waals surface area contributed by atoms with Gasteiger partial charge < -0.3 is 19.7 Å². The van der Waals surface area contributed by atoms with Crippen molar-refractivity contribution in [2.45, 2.75) is 32.3 Å². The molecule has 1 saturated heterocycles. The molecule has 0 bridgehead atoms. The second kappa shape index (κ2) is 6.26. The lowest BCUT2D eigenvalue weighted by Crippen LogP contribution is -2.50. The fraction of sp³-hybridized carbons (Fsp3) is 0.350. The Morgan fingerprint density at radius 3 is 2.67 bits per heavy atom. The van der Waals surface area contributed by atoms with E-state index in [-0.39, 0.29) is 17.8 Å². The predicted molar refractivity (Wildman–Crippen MR) is 102 cm³/mol. The SMILES string of the molecule is CC(C)(C)OC(=O)N1CC(c2cc3cc(-c4ccccc4O)nnc3[nH]2)C1. The lowest BCUT2D eigenvalue weighted by atomic mass is 9.97. The van der Waals surface area contributed by atoms with Crippen molar-refractivity contribution in [2.24, 2.45) is 0 Å². The maximum atomic E-state index is 12.1. The molecular formula is C20H22N4O3. The van der Waals surface area contributed by atoms with E-state index in [9.17, 15) is 9.90 Å². The number of likely N-dealkylation sites (tertiary alicyclic amines) is 1. The summed E-state index contributed by atoms with van der Waals surface area (Å²) in [6, 6.07) is 11.0. The number of aromatic amines is 1. The summed E-state index contributed by atoms with van der Waals surface area (Å²) in [4.78, 5) is 17.0. The minimum Gasteiger partial charge on any atom is -0.507 e. The van der Waals surface area contributed by atoms with Crippen molar-refractivity contribution in [1.82, 2.24) is 20.1 Å². The Morgan fingerprint density at radius 2 is 1.96 bits per heavy atom. The number of benzene rings is 1. The fourth-order valence-corrected chi connectivity index (χ4v) is 3.15. The second-order valence-corrected chi connectivity index (χ2v) is 7.86. The minimum atomic E-state index is -0.488. The monoisotopic (exact) mass is 366 g/mol. The van der Waals surface area contributed by atoms with E-state index in [1.54, 1.807) is 17.0 Å². The van der Waals surface area contributed by atoms with E-state index >= 15 is 0 Å². The third-order valence-electron chi connectivity index (χ3n) is 4.55. The first kappa shape index (κ1) is 17.3. The Kier molecular flexibility index (Phi) is 4.02. The third-order valence-corrected chi connectivity index (χ3v) is 4.55. The molecule has 140 valence electrons. The number of para-hydroxylation sites is 1. The summed E-state index contributed by atoms with van der Waals surface area (Å²) in [5, 5.41) is 19.4. The molecule has 0 aliphatic carbocycles. The van der Waals surface area contributed by atoms with E-state index in [0.717, 1.165) is 11.1 Å². The molecule has 3 aromatic rings. The normalized spacial score (nSPS) is 15.0. The number of hydrogen-bond donors (Lipinski definition) is 2. The highest BCUT2D eigenvalue weighted by molar-refractivity contribution is 5.82. The van der Waals surface area contributed by atoms with Crippen LogP contribution in [0.3, 0.4) is 0 Å². The maximum Gasteiger partial charge on any atom is 0.410 e. The zero-order valence-corrected chi connectivity index (χ0v) is 15.6. The number of nitrogens with one attached hydrogen (secondary N) is 1. The van der Waals surface area contributed by atoms with Gasteiger partial charge in [0.25, 0.3) is 0 Å². The van der Waals surface area contributed by atoms with Crippen molar-refractivity contribution >= 4 is 17.1 Å². The molecule has 1 aromatic carbocycles. The van der Waals surface area contributed by atoms with Gasteiger partial charge in [-0.15, -0.1) is 10.2 Å². The van der Waals surface area contributed by atoms with Gasteiger partial charge in [-0.2, -0.15) is 0 Å². The van der Waals surface area contributed by atoms with Gasteiger partial charge in [0.15, 0.2) is 5.65 Å². The van der Waals surface area contributed by atoms with Gasteiger partial charge in [-0.3, -0.25) is 0 Å². The van der Waals surface area contributed by atoms with Crippen LogP contribution in [0.1, 0.15) is 32.4 Å². The van der Waals surface area contributed by atoms with Gasteiger partial charge in [0, 0.05) is 35.7 Å². The number of fused-ring (bicyclic) bond motifs is 1. The number of ether oxygens (including phenoxy) is 1. The van der Waals surface area contributed by atoms with Gasteiger partial charge in [0.1, 0.15) is 11.4 Å². The number of amides is 1. The van der Waals surface area contributed by atoms with Crippen LogP contribution in [0.4, 0.5) is 4.79 Å². The number of aromatic nitrogens is 3. The minimum absolute atomic E-state index is 0.175. The largest absolute Gasteiger partial charge is 0.507 e. The Labute approximate surface area is 157 Å². The number of aromatic hydroxyl groups is 1. The molecule has 0 spiro atoms. The standard InChI is InChI=1S/C20H22N4O3/c1-20(2,3)27-19(26)24-10-13(11-24)15-8-12-9-16(22-23-18(12)21-15)14-6-4-5-7-17(14)25/h4-9,13,25H,10-11H2,1-3H3,(H,21,23). The van der Waals surface area contributed by atoms with Crippen LogP contribution in [0.15, 0.2) is 36.4 Å². The lowest BCUT2D eigenvalue weighted by molar-refractivity contribution is 0.00793. The summed E-state index contributed by atoms with van der Waals surface area (Å²) in [5.41, 5.74) is 2.50. The molecule has 27 heavy (non-hydrogen) atoms. The first-order chi connectivity index (χ1) is 12.8. The van der Waals surface area contributed by atoms with Crippen LogP contribution in [0.2, 0.25) is 0 Å². The molecular weight excluding hydrogens is 344 g/mol. The summed E-state index contributed by atoms with van der Waals surface area (Å²) >= 11 is 0. The van der Waals surface area contributed by atoms with Crippen molar-refractivity contribution in [3.8, 4) is 17.0 Å². The number of phenolic OH excluding ortho intramolecular Hbond substituents is 1. The maximum absolute atomic E-state index is 12.1. The Hall–Kier alpha value is -3.09. The van der Waals surface area contributed by atoms with Gasteiger partial charge in [-0.1, -0.05) is 12.1 Å². The van der Waals surface area contributed by atoms with E-state index in [0.29, 0.717) is 30.0 Å². The number of carbonyl (C=O) groups is 1. The molecule has 2 aromatic heterocycles. The second-order valence-electron chi connectivity index (χ2n) is 7.86. The van der Waals surface area contributed by atoms with E-state index in [4.69, 9.17) is 4.74 Å². The molecule has 0 unspecified atom stereocenters.